The highest BCUT2D eigenvalue weighted by Crippen LogP contribution is 2.32. The van der Waals surface area contributed by atoms with Crippen LogP contribution in [0.15, 0.2) is 71.9 Å². The van der Waals surface area contributed by atoms with E-state index in [9.17, 15) is 0 Å². The van der Waals surface area contributed by atoms with E-state index in [1.165, 1.54) is 0 Å². The van der Waals surface area contributed by atoms with Crippen molar-refractivity contribution in [3.05, 3.63) is 78.1 Å². The van der Waals surface area contributed by atoms with Crippen LogP contribution in [0.1, 0.15) is 24.6 Å². The summed E-state index contributed by atoms with van der Waals surface area (Å²) in [5.41, 5.74) is 2.84. The monoisotopic (exact) mass is 432 g/mol. The van der Waals surface area contributed by atoms with Crippen LogP contribution in [0.3, 0.4) is 0 Å². The van der Waals surface area contributed by atoms with Gasteiger partial charge in [-0.15, -0.1) is 0 Å². The number of hydrogen-bond acceptors (Lipinski definition) is 5. The minimum Gasteiger partial charge on any atom is -0.490 e. The van der Waals surface area contributed by atoms with Gasteiger partial charge in [-0.3, -0.25) is 4.98 Å². The summed E-state index contributed by atoms with van der Waals surface area (Å²) in [5.74, 6) is 3.02. The fourth-order valence-corrected chi connectivity index (χ4v) is 3.23. The van der Waals surface area contributed by atoms with Gasteiger partial charge in [0.2, 0.25) is 0 Å². The number of guanidine groups is 1. The molecule has 0 aliphatic carbocycles. The number of aromatic nitrogens is 1. The molecular weight excluding hydrogens is 404 g/mol. The Balaban J connectivity index is 1.40. The van der Waals surface area contributed by atoms with E-state index in [-0.39, 0.29) is 0 Å². The first-order valence-electron chi connectivity index (χ1n) is 10.9. The van der Waals surface area contributed by atoms with Crippen LogP contribution in [0.25, 0.3) is 0 Å². The molecule has 0 atom stereocenters. The molecule has 0 amide bonds. The van der Waals surface area contributed by atoms with Crippen LogP contribution < -0.4 is 24.8 Å². The van der Waals surface area contributed by atoms with Gasteiger partial charge < -0.3 is 24.8 Å². The van der Waals surface area contributed by atoms with Gasteiger partial charge in [-0.25, -0.2) is 4.99 Å². The lowest BCUT2D eigenvalue weighted by Crippen LogP contribution is -2.30. The van der Waals surface area contributed by atoms with Crippen molar-refractivity contribution in [3.63, 3.8) is 0 Å². The second kappa shape index (κ2) is 11.0. The molecule has 3 aromatic rings. The van der Waals surface area contributed by atoms with E-state index in [0.29, 0.717) is 32.3 Å². The van der Waals surface area contributed by atoms with Crippen LogP contribution in [-0.4, -0.2) is 30.7 Å². The van der Waals surface area contributed by atoms with E-state index >= 15 is 0 Å². The predicted octanol–water partition coefficient (Wildman–Crippen LogP) is 4.40. The van der Waals surface area contributed by atoms with Crippen LogP contribution in [0, 0.1) is 0 Å². The summed E-state index contributed by atoms with van der Waals surface area (Å²) in [6, 6.07) is 19.6. The smallest absolute Gasteiger partial charge is 0.196 e. The topological polar surface area (TPSA) is 77.0 Å². The Morgan fingerprint density at radius 3 is 2.78 bits per heavy atom. The van der Waals surface area contributed by atoms with Gasteiger partial charge in [-0.2, -0.15) is 0 Å². The molecular formula is C25H28N4O3. The maximum Gasteiger partial charge on any atom is 0.196 e. The first-order chi connectivity index (χ1) is 15.8. The maximum atomic E-state index is 5.88. The number of nitrogens with one attached hydrogen (secondary N) is 2. The number of pyridine rings is 1. The zero-order chi connectivity index (χ0) is 22.0. The zero-order valence-corrected chi connectivity index (χ0v) is 18.2. The molecule has 0 spiro atoms. The minimum atomic E-state index is 0.432. The van der Waals surface area contributed by atoms with E-state index in [1.54, 1.807) is 6.20 Å². The average molecular weight is 433 g/mol. The molecule has 32 heavy (non-hydrogen) atoms. The summed E-state index contributed by atoms with van der Waals surface area (Å²) in [6.07, 6.45) is 2.65. The van der Waals surface area contributed by atoms with Crippen molar-refractivity contribution >= 4 is 11.6 Å². The third-order valence-electron chi connectivity index (χ3n) is 4.79. The number of ether oxygens (including phenoxy) is 3. The summed E-state index contributed by atoms with van der Waals surface area (Å²) >= 11 is 0. The summed E-state index contributed by atoms with van der Waals surface area (Å²) in [5, 5.41) is 6.63. The first kappa shape index (κ1) is 21.5. The fourth-order valence-electron chi connectivity index (χ4n) is 3.23. The number of benzene rings is 2. The highest BCUT2D eigenvalue weighted by molar-refractivity contribution is 5.93. The molecule has 166 valence electrons. The van der Waals surface area contributed by atoms with Crippen LogP contribution in [0.5, 0.6) is 17.2 Å². The van der Waals surface area contributed by atoms with Crippen LogP contribution in [0.2, 0.25) is 0 Å². The van der Waals surface area contributed by atoms with Gasteiger partial charge in [-0.05, 0) is 48.9 Å². The highest BCUT2D eigenvalue weighted by Gasteiger charge is 2.11. The van der Waals surface area contributed by atoms with E-state index in [1.807, 2.05) is 67.6 Å². The Labute approximate surface area is 188 Å². The zero-order valence-electron chi connectivity index (χ0n) is 18.2. The summed E-state index contributed by atoms with van der Waals surface area (Å²) < 4.78 is 17.4. The quantitative estimate of drug-likeness (QED) is 0.426. The molecule has 0 fully saturated rings. The van der Waals surface area contributed by atoms with E-state index in [4.69, 9.17) is 19.2 Å². The van der Waals surface area contributed by atoms with Crippen molar-refractivity contribution in [1.82, 2.24) is 10.3 Å². The van der Waals surface area contributed by atoms with Gasteiger partial charge in [0.05, 0.1) is 25.5 Å². The van der Waals surface area contributed by atoms with Crippen molar-refractivity contribution in [2.45, 2.75) is 26.5 Å². The number of nitrogens with zero attached hydrogens (tertiary/aromatic N) is 2. The predicted molar refractivity (Wildman–Crippen MR) is 125 cm³/mol. The molecule has 4 rings (SSSR count). The van der Waals surface area contributed by atoms with Crippen molar-refractivity contribution in [1.29, 1.82) is 0 Å². The fraction of sp³-hybridized carbons (Fsp3) is 0.280. The Morgan fingerprint density at radius 1 is 1.03 bits per heavy atom. The van der Waals surface area contributed by atoms with Crippen molar-refractivity contribution in [3.8, 4) is 17.2 Å². The standard InChI is InChI=1S/C25H28N4O3/c1-2-26-25(29-20-10-11-23-24(16-20)31-14-6-13-30-23)28-17-19-7-5-9-22(15-19)32-18-21-8-3-4-12-27-21/h3-5,7-12,15-16H,2,6,13-14,17-18H2,1H3,(H2,26,28,29). The van der Waals surface area contributed by atoms with E-state index < -0.39 is 0 Å². The largest absolute Gasteiger partial charge is 0.490 e. The lowest BCUT2D eigenvalue weighted by atomic mass is 10.2. The molecule has 2 aromatic carbocycles. The molecule has 1 aliphatic heterocycles. The Bertz CT molecular complexity index is 1040. The van der Waals surface area contributed by atoms with Crippen LogP contribution in [-0.2, 0) is 13.2 Å². The van der Waals surface area contributed by atoms with E-state index in [0.717, 1.165) is 47.2 Å². The van der Waals surface area contributed by atoms with Gasteiger partial charge in [0.1, 0.15) is 12.4 Å². The normalized spacial score (nSPS) is 13.2. The molecule has 1 aliphatic rings. The second-order valence-corrected chi connectivity index (χ2v) is 7.29. The molecule has 0 saturated heterocycles. The molecule has 2 heterocycles. The van der Waals surface area contributed by atoms with Crippen molar-refractivity contribution < 1.29 is 14.2 Å². The van der Waals surface area contributed by atoms with Gasteiger partial charge in [-0.1, -0.05) is 18.2 Å². The summed E-state index contributed by atoms with van der Waals surface area (Å²) in [6.45, 7) is 5.07. The van der Waals surface area contributed by atoms with Gasteiger partial charge >= 0.3 is 0 Å². The molecule has 2 N–H and O–H groups in total. The second-order valence-electron chi connectivity index (χ2n) is 7.29. The van der Waals surface area contributed by atoms with Crippen molar-refractivity contribution in [2.75, 3.05) is 25.1 Å². The number of hydrogen-bond donors (Lipinski definition) is 2. The molecule has 0 unspecified atom stereocenters. The third-order valence-corrected chi connectivity index (χ3v) is 4.79. The van der Waals surface area contributed by atoms with Gasteiger partial charge in [0.15, 0.2) is 17.5 Å². The number of fused-ring (bicyclic) bond motifs is 1. The molecule has 1 aromatic heterocycles. The number of anilines is 1. The molecule has 7 nitrogen and oxygen atoms in total. The molecule has 0 saturated carbocycles. The Morgan fingerprint density at radius 2 is 1.94 bits per heavy atom. The average Bonchev–Trinajstić information content (AvgIpc) is 3.07. The van der Waals surface area contributed by atoms with Gasteiger partial charge in [0, 0.05) is 30.9 Å². The SMILES string of the molecule is CCNC(=NCc1cccc(OCc2ccccn2)c1)Nc1ccc2c(c1)OCCCO2. The van der Waals surface area contributed by atoms with E-state index in [2.05, 4.69) is 15.6 Å². The Hall–Kier alpha value is -3.74. The number of aliphatic imine (C=N–C) groups is 1. The Kier molecular flexibility index (Phi) is 7.42. The molecule has 0 radical (unpaired) electrons. The lowest BCUT2D eigenvalue weighted by Gasteiger charge is -2.14. The van der Waals surface area contributed by atoms with Crippen LogP contribution >= 0.6 is 0 Å². The van der Waals surface area contributed by atoms with Crippen molar-refractivity contribution in [2.24, 2.45) is 4.99 Å². The van der Waals surface area contributed by atoms with Gasteiger partial charge in [0.25, 0.3) is 0 Å². The number of rotatable bonds is 7. The third kappa shape index (κ3) is 6.14. The molecule has 0 bridgehead atoms. The first-order valence-corrected chi connectivity index (χ1v) is 10.9. The summed E-state index contributed by atoms with van der Waals surface area (Å²) in [4.78, 5) is 9.01. The molecule has 7 heteroatoms. The minimum absolute atomic E-state index is 0.432. The maximum absolute atomic E-state index is 5.88. The lowest BCUT2D eigenvalue weighted by molar-refractivity contribution is 0.297. The van der Waals surface area contributed by atoms with Crippen LogP contribution in [0.4, 0.5) is 5.69 Å². The summed E-state index contributed by atoms with van der Waals surface area (Å²) in [7, 11) is 0. The highest BCUT2D eigenvalue weighted by atomic mass is 16.5.